The maximum Gasteiger partial charge on any atom is 0.219 e. The first kappa shape index (κ1) is 25.2. The number of unbranched alkanes of at least 4 members (excludes halogenated alkanes) is 4. The van der Waals surface area contributed by atoms with E-state index in [4.69, 9.17) is 4.98 Å². The fraction of sp³-hybridized carbons (Fsp3) is 0.429. The number of carbonyl (C=O) groups excluding carboxylic acids is 1. The molecule has 0 saturated heterocycles. The Labute approximate surface area is 211 Å². The van der Waals surface area contributed by atoms with E-state index in [-0.39, 0.29) is 5.91 Å². The van der Waals surface area contributed by atoms with Gasteiger partial charge in [0.15, 0.2) is 5.65 Å². The van der Waals surface area contributed by atoms with Crippen molar-refractivity contribution in [2.75, 3.05) is 12.3 Å². The van der Waals surface area contributed by atoms with E-state index in [1.54, 1.807) is 11.8 Å². The fourth-order valence-electron chi connectivity index (χ4n) is 4.29. The lowest BCUT2D eigenvalue weighted by Crippen LogP contribution is -2.23. The average Bonchev–Trinajstić information content (AvgIpc) is 3.18. The van der Waals surface area contributed by atoms with E-state index < -0.39 is 0 Å². The molecule has 2 aromatic carbocycles. The number of amides is 1. The highest BCUT2D eigenvalue weighted by molar-refractivity contribution is 7.99. The number of aryl methyl sites for hydroxylation is 1. The van der Waals surface area contributed by atoms with Crippen LogP contribution < -0.4 is 5.32 Å². The maximum absolute atomic E-state index is 12.0. The zero-order valence-corrected chi connectivity index (χ0v) is 21.6. The molecule has 2 aromatic heterocycles. The van der Waals surface area contributed by atoms with Gasteiger partial charge in [-0.25, -0.2) is 4.98 Å². The molecule has 0 radical (unpaired) electrons. The molecule has 0 bridgehead atoms. The van der Waals surface area contributed by atoms with Gasteiger partial charge in [-0.05, 0) is 43.4 Å². The van der Waals surface area contributed by atoms with Gasteiger partial charge in [0.25, 0.3) is 0 Å². The molecule has 0 aliphatic carbocycles. The molecule has 0 saturated carbocycles. The second kappa shape index (κ2) is 12.7. The number of benzene rings is 2. The van der Waals surface area contributed by atoms with Crippen LogP contribution in [0.2, 0.25) is 0 Å². The van der Waals surface area contributed by atoms with Crippen molar-refractivity contribution in [3.63, 3.8) is 0 Å². The number of nitrogens with one attached hydrogen (secondary N) is 1. The number of thioether (sulfide) groups is 1. The highest BCUT2D eigenvalue weighted by Gasteiger charge is 2.15. The van der Waals surface area contributed by atoms with Crippen LogP contribution in [-0.2, 0) is 11.3 Å². The van der Waals surface area contributed by atoms with Crippen LogP contribution in [-0.4, -0.2) is 38.0 Å². The van der Waals surface area contributed by atoms with Gasteiger partial charge in [0, 0.05) is 30.6 Å². The van der Waals surface area contributed by atoms with Gasteiger partial charge in [-0.1, -0.05) is 80.4 Å². The number of nitrogens with zero attached hydrogens (tertiary/aromatic N) is 4. The number of hydrogen-bond donors (Lipinski definition) is 1. The van der Waals surface area contributed by atoms with Crippen molar-refractivity contribution >= 4 is 39.7 Å². The summed E-state index contributed by atoms with van der Waals surface area (Å²) in [6.45, 7) is 5.88. The molecule has 2 heterocycles. The highest BCUT2D eigenvalue weighted by atomic mass is 32.2. The van der Waals surface area contributed by atoms with Crippen molar-refractivity contribution < 1.29 is 4.79 Å². The van der Waals surface area contributed by atoms with Crippen LogP contribution in [0.1, 0.15) is 63.0 Å². The molecule has 0 spiro atoms. The average molecular weight is 490 g/mol. The molecule has 7 heteroatoms. The summed E-state index contributed by atoms with van der Waals surface area (Å²) < 4.78 is 2.25. The number of para-hydroxylation sites is 1. The summed E-state index contributed by atoms with van der Waals surface area (Å²) in [6, 6.07) is 16.8. The van der Waals surface area contributed by atoms with Crippen LogP contribution in [0.15, 0.2) is 53.7 Å². The minimum Gasteiger partial charge on any atom is -0.356 e. The molecule has 0 unspecified atom stereocenters. The Morgan fingerprint density at radius 1 is 0.971 bits per heavy atom. The molecule has 6 nitrogen and oxygen atoms in total. The number of fused-ring (bicyclic) bond motifs is 3. The van der Waals surface area contributed by atoms with Crippen LogP contribution in [0.5, 0.6) is 0 Å². The monoisotopic (exact) mass is 489 g/mol. The smallest absolute Gasteiger partial charge is 0.219 e. The zero-order valence-electron chi connectivity index (χ0n) is 20.8. The van der Waals surface area contributed by atoms with E-state index >= 15 is 0 Å². The molecular formula is C28H35N5OS. The maximum atomic E-state index is 12.0. The van der Waals surface area contributed by atoms with Crippen molar-refractivity contribution in [1.29, 1.82) is 0 Å². The van der Waals surface area contributed by atoms with Gasteiger partial charge in [0.05, 0.1) is 5.52 Å². The SMILES string of the molecule is CCCCCCNC(=O)CCCCSc1nnc2c3ccccc3n(Cc3ccccc3C)c2n1. The fourth-order valence-corrected chi connectivity index (χ4v) is 5.07. The van der Waals surface area contributed by atoms with Crippen LogP contribution in [0.3, 0.4) is 0 Å². The van der Waals surface area contributed by atoms with E-state index in [0.29, 0.717) is 11.6 Å². The number of rotatable bonds is 13. The van der Waals surface area contributed by atoms with Gasteiger partial charge < -0.3 is 9.88 Å². The molecule has 0 fully saturated rings. The lowest BCUT2D eigenvalue weighted by atomic mass is 10.1. The first-order chi connectivity index (χ1) is 17.2. The number of hydrogen-bond acceptors (Lipinski definition) is 5. The molecule has 1 amide bonds. The van der Waals surface area contributed by atoms with Crippen molar-refractivity contribution in [2.45, 2.75) is 70.5 Å². The molecule has 0 aliphatic heterocycles. The third-order valence-electron chi connectivity index (χ3n) is 6.33. The van der Waals surface area contributed by atoms with Gasteiger partial charge in [-0.2, -0.15) is 0 Å². The van der Waals surface area contributed by atoms with Gasteiger partial charge in [0.2, 0.25) is 11.1 Å². The first-order valence-corrected chi connectivity index (χ1v) is 13.7. The van der Waals surface area contributed by atoms with Gasteiger partial charge in [-0.15, -0.1) is 10.2 Å². The Bertz CT molecular complexity index is 1270. The van der Waals surface area contributed by atoms with Crippen LogP contribution >= 0.6 is 11.8 Å². The molecule has 1 N–H and O–H groups in total. The van der Waals surface area contributed by atoms with Gasteiger partial charge in [0.1, 0.15) is 5.52 Å². The molecule has 184 valence electrons. The number of carbonyl (C=O) groups is 1. The second-order valence-corrected chi connectivity index (χ2v) is 10.1. The first-order valence-electron chi connectivity index (χ1n) is 12.7. The molecular weight excluding hydrogens is 454 g/mol. The van der Waals surface area contributed by atoms with E-state index in [2.05, 4.69) is 76.4 Å². The standard InChI is InChI=1S/C28H35N5OS/c1-3-4-5-11-18-29-25(34)17-10-12-19-35-28-30-27-26(31-32-28)23-15-8-9-16-24(23)33(27)20-22-14-7-6-13-21(22)2/h6-9,13-16H,3-5,10-12,17-20H2,1-2H3,(H,29,34). The summed E-state index contributed by atoms with van der Waals surface area (Å²) in [5.41, 5.74) is 5.37. The van der Waals surface area contributed by atoms with Crippen molar-refractivity contribution in [3.8, 4) is 0 Å². The van der Waals surface area contributed by atoms with Crippen molar-refractivity contribution in [2.24, 2.45) is 0 Å². The third kappa shape index (κ3) is 6.60. The Hall–Kier alpha value is -2.93. The van der Waals surface area contributed by atoms with Crippen molar-refractivity contribution in [3.05, 3.63) is 59.7 Å². The van der Waals surface area contributed by atoms with Crippen molar-refractivity contribution in [1.82, 2.24) is 25.1 Å². The van der Waals surface area contributed by atoms with Gasteiger partial charge in [-0.3, -0.25) is 4.79 Å². The molecule has 35 heavy (non-hydrogen) atoms. The minimum atomic E-state index is 0.159. The topological polar surface area (TPSA) is 72.7 Å². The van der Waals surface area contributed by atoms with Crippen LogP contribution in [0, 0.1) is 6.92 Å². The summed E-state index contributed by atoms with van der Waals surface area (Å²) in [5, 5.41) is 13.8. The summed E-state index contributed by atoms with van der Waals surface area (Å²) >= 11 is 1.61. The minimum absolute atomic E-state index is 0.159. The molecule has 4 rings (SSSR count). The normalized spacial score (nSPS) is 11.4. The predicted octanol–water partition coefficient (Wildman–Crippen LogP) is 6.30. The largest absolute Gasteiger partial charge is 0.356 e. The van der Waals surface area contributed by atoms with E-state index in [0.717, 1.165) is 60.2 Å². The van der Waals surface area contributed by atoms with Gasteiger partial charge >= 0.3 is 0 Å². The Morgan fingerprint density at radius 2 is 1.80 bits per heavy atom. The second-order valence-electron chi connectivity index (χ2n) is 9.01. The van der Waals surface area contributed by atoms with E-state index in [9.17, 15) is 4.79 Å². The molecule has 0 aliphatic rings. The van der Waals surface area contributed by atoms with Crippen LogP contribution in [0.25, 0.3) is 22.1 Å². The quantitative estimate of drug-likeness (QED) is 0.176. The zero-order chi connectivity index (χ0) is 24.5. The van der Waals surface area contributed by atoms with E-state index in [1.807, 2.05) is 6.07 Å². The van der Waals surface area contributed by atoms with Crippen LogP contribution in [0.4, 0.5) is 0 Å². The Morgan fingerprint density at radius 3 is 2.66 bits per heavy atom. The summed E-state index contributed by atoms with van der Waals surface area (Å²) in [5.74, 6) is 1.03. The lowest BCUT2D eigenvalue weighted by Gasteiger charge is -2.09. The summed E-state index contributed by atoms with van der Waals surface area (Å²) in [4.78, 5) is 16.9. The Kier molecular flexibility index (Phi) is 9.12. The summed E-state index contributed by atoms with van der Waals surface area (Å²) in [6.07, 6.45) is 7.11. The highest BCUT2D eigenvalue weighted by Crippen LogP contribution is 2.28. The predicted molar refractivity (Wildman–Crippen MR) is 145 cm³/mol. The number of aromatic nitrogens is 4. The molecule has 0 atom stereocenters. The third-order valence-corrected chi connectivity index (χ3v) is 7.25. The molecule has 4 aromatic rings. The summed E-state index contributed by atoms with van der Waals surface area (Å²) in [7, 11) is 0. The Balaban J connectivity index is 1.37. The van der Waals surface area contributed by atoms with E-state index in [1.165, 1.54) is 30.4 Å². The lowest BCUT2D eigenvalue weighted by molar-refractivity contribution is -0.121.